The van der Waals surface area contributed by atoms with E-state index in [-0.39, 0.29) is 6.04 Å². The third kappa shape index (κ3) is 4.45. The molecule has 1 atom stereocenters. The molecular weight excluding hydrogens is 250 g/mol. The van der Waals surface area contributed by atoms with Gasteiger partial charge in [0.25, 0.3) is 0 Å². The van der Waals surface area contributed by atoms with E-state index in [1.54, 1.807) is 0 Å². The lowest BCUT2D eigenvalue weighted by Gasteiger charge is -2.32. The lowest BCUT2D eigenvalue weighted by Crippen LogP contribution is -2.44. The molecule has 1 aliphatic carbocycles. The SMILES string of the molecule is CN(CC1CCCCC1)C(CN)CC(=O)N1CCCC1. The molecule has 20 heavy (non-hydrogen) atoms. The largest absolute Gasteiger partial charge is 0.343 e. The van der Waals surface area contributed by atoms with Crippen molar-refractivity contribution in [2.24, 2.45) is 11.7 Å². The van der Waals surface area contributed by atoms with Gasteiger partial charge in [-0.05, 0) is 38.6 Å². The monoisotopic (exact) mass is 281 g/mol. The van der Waals surface area contributed by atoms with Crippen LogP contribution in [0.1, 0.15) is 51.4 Å². The third-order valence-corrected chi connectivity index (χ3v) is 5.04. The second kappa shape index (κ2) is 7.99. The minimum atomic E-state index is 0.213. The highest BCUT2D eigenvalue weighted by Crippen LogP contribution is 2.25. The van der Waals surface area contributed by atoms with Gasteiger partial charge in [-0.1, -0.05) is 19.3 Å². The van der Waals surface area contributed by atoms with Crippen LogP contribution in [0.2, 0.25) is 0 Å². The molecule has 0 bridgehead atoms. The standard InChI is InChI=1S/C16H31N3O/c1-18(13-14-7-3-2-4-8-14)15(12-17)11-16(20)19-9-5-6-10-19/h14-15H,2-13,17H2,1H3. The number of carbonyl (C=O) groups is 1. The minimum Gasteiger partial charge on any atom is -0.343 e. The Labute approximate surface area is 123 Å². The Bertz CT molecular complexity index is 296. The first-order chi connectivity index (χ1) is 9.70. The molecule has 1 heterocycles. The first kappa shape index (κ1) is 15.8. The predicted octanol–water partition coefficient (Wildman–Crippen LogP) is 1.84. The van der Waals surface area contributed by atoms with Crippen molar-refractivity contribution < 1.29 is 4.79 Å². The molecular formula is C16H31N3O. The highest BCUT2D eigenvalue weighted by Gasteiger charge is 2.25. The molecule has 4 nitrogen and oxygen atoms in total. The van der Waals surface area contributed by atoms with Crippen LogP contribution < -0.4 is 5.73 Å². The number of likely N-dealkylation sites (tertiary alicyclic amines) is 1. The first-order valence-electron chi connectivity index (χ1n) is 8.38. The van der Waals surface area contributed by atoms with Gasteiger partial charge in [0, 0.05) is 38.6 Å². The van der Waals surface area contributed by atoms with Crippen molar-refractivity contribution in [1.29, 1.82) is 0 Å². The van der Waals surface area contributed by atoms with Crippen LogP contribution in [0.15, 0.2) is 0 Å². The fourth-order valence-electron chi connectivity index (χ4n) is 3.64. The van der Waals surface area contributed by atoms with Gasteiger partial charge in [-0.3, -0.25) is 4.79 Å². The quantitative estimate of drug-likeness (QED) is 0.808. The molecule has 0 radical (unpaired) electrons. The van der Waals surface area contributed by atoms with Crippen LogP contribution in [0.5, 0.6) is 0 Å². The van der Waals surface area contributed by atoms with E-state index in [9.17, 15) is 4.79 Å². The first-order valence-corrected chi connectivity index (χ1v) is 8.38. The van der Waals surface area contributed by atoms with E-state index in [2.05, 4.69) is 11.9 Å². The average molecular weight is 281 g/mol. The van der Waals surface area contributed by atoms with E-state index >= 15 is 0 Å². The van der Waals surface area contributed by atoms with Crippen LogP contribution >= 0.6 is 0 Å². The van der Waals surface area contributed by atoms with E-state index in [4.69, 9.17) is 5.73 Å². The molecule has 0 spiro atoms. The van der Waals surface area contributed by atoms with E-state index in [0.29, 0.717) is 18.9 Å². The van der Waals surface area contributed by atoms with Gasteiger partial charge >= 0.3 is 0 Å². The smallest absolute Gasteiger partial charge is 0.224 e. The summed E-state index contributed by atoms with van der Waals surface area (Å²) in [5, 5.41) is 0. The highest BCUT2D eigenvalue weighted by molar-refractivity contribution is 5.77. The van der Waals surface area contributed by atoms with Gasteiger partial charge < -0.3 is 15.5 Å². The molecule has 0 aromatic heterocycles. The summed E-state index contributed by atoms with van der Waals surface area (Å²) >= 11 is 0. The van der Waals surface area contributed by atoms with Crippen molar-refractivity contribution in [3.63, 3.8) is 0 Å². The molecule has 0 aromatic rings. The summed E-state index contributed by atoms with van der Waals surface area (Å²) in [6.45, 7) is 3.59. The van der Waals surface area contributed by atoms with Crippen molar-refractivity contribution in [3.8, 4) is 0 Å². The number of likely N-dealkylation sites (N-methyl/N-ethyl adjacent to an activating group) is 1. The Morgan fingerprint density at radius 1 is 1.20 bits per heavy atom. The second-order valence-corrected chi connectivity index (χ2v) is 6.63. The maximum Gasteiger partial charge on any atom is 0.224 e. The molecule has 2 aliphatic rings. The molecule has 0 aromatic carbocycles. The zero-order chi connectivity index (χ0) is 14.4. The van der Waals surface area contributed by atoms with Gasteiger partial charge in [-0.2, -0.15) is 0 Å². The zero-order valence-corrected chi connectivity index (χ0v) is 13.0. The summed E-state index contributed by atoms with van der Waals surface area (Å²) in [7, 11) is 2.14. The fourth-order valence-corrected chi connectivity index (χ4v) is 3.64. The van der Waals surface area contributed by atoms with Crippen molar-refractivity contribution in [2.75, 3.05) is 33.2 Å². The van der Waals surface area contributed by atoms with Crippen LogP contribution in [0.25, 0.3) is 0 Å². The van der Waals surface area contributed by atoms with Crippen LogP contribution in [0, 0.1) is 5.92 Å². The number of hydrogen-bond donors (Lipinski definition) is 1. The molecule has 4 heteroatoms. The fraction of sp³-hybridized carbons (Fsp3) is 0.938. The molecule has 1 saturated heterocycles. The number of nitrogens with zero attached hydrogens (tertiary/aromatic N) is 2. The van der Waals surface area contributed by atoms with Crippen molar-refractivity contribution in [1.82, 2.24) is 9.80 Å². The molecule has 2 fully saturated rings. The maximum atomic E-state index is 12.3. The van der Waals surface area contributed by atoms with Gasteiger partial charge in [-0.15, -0.1) is 0 Å². The maximum absolute atomic E-state index is 12.3. The van der Waals surface area contributed by atoms with Crippen LogP contribution in [-0.4, -0.2) is 55.0 Å². The molecule has 1 unspecified atom stereocenters. The Morgan fingerprint density at radius 3 is 2.45 bits per heavy atom. The second-order valence-electron chi connectivity index (χ2n) is 6.63. The lowest BCUT2D eigenvalue weighted by atomic mass is 9.88. The van der Waals surface area contributed by atoms with Crippen molar-refractivity contribution in [3.05, 3.63) is 0 Å². The summed E-state index contributed by atoms with van der Waals surface area (Å²) in [6, 6.07) is 0.213. The number of carbonyl (C=O) groups excluding carboxylic acids is 1. The molecule has 2 N–H and O–H groups in total. The Balaban J connectivity index is 1.78. The highest BCUT2D eigenvalue weighted by atomic mass is 16.2. The number of rotatable bonds is 6. The summed E-state index contributed by atoms with van der Waals surface area (Å²) in [6.07, 6.45) is 9.77. The normalized spacial score (nSPS) is 22.4. The number of hydrogen-bond acceptors (Lipinski definition) is 3. The Hall–Kier alpha value is -0.610. The summed E-state index contributed by atoms with van der Waals surface area (Å²) in [5.41, 5.74) is 5.91. The topological polar surface area (TPSA) is 49.6 Å². The zero-order valence-electron chi connectivity index (χ0n) is 13.0. The van der Waals surface area contributed by atoms with Gasteiger partial charge in [-0.25, -0.2) is 0 Å². The van der Waals surface area contributed by atoms with E-state index in [0.717, 1.165) is 38.4 Å². The van der Waals surface area contributed by atoms with Gasteiger partial charge in [0.05, 0.1) is 0 Å². The van der Waals surface area contributed by atoms with Crippen LogP contribution in [0.3, 0.4) is 0 Å². The Kier molecular flexibility index (Phi) is 6.30. The number of amides is 1. The Morgan fingerprint density at radius 2 is 1.85 bits per heavy atom. The van der Waals surface area contributed by atoms with Crippen LogP contribution in [-0.2, 0) is 4.79 Å². The molecule has 2 rings (SSSR count). The molecule has 116 valence electrons. The molecule has 1 saturated carbocycles. The summed E-state index contributed by atoms with van der Waals surface area (Å²) in [4.78, 5) is 16.6. The average Bonchev–Trinajstić information content (AvgIpc) is 2.99. The molecule has 1 amide bonds. The van der Waals surface area contributed by atoms with Gasteiger partial charge in [0.15, 0.2) is 0 Å². The van der Waals surface area contributed by atoms with Crippen molar-refractivity contribution in [2.45, 2.75) is 57.4 Å². The van der Waals surface area contributed by atoms with E-state index in [1.807, 2.05) is 4.90 Å². The predicted molar refractivity (Wildman–Crippen MR) is 82.5 cm³/mol. The summed E-state index contributed by atoms with van der Waals surface area (Å²) in [5.74, 6) is 1.11. The van der Waals surface area contributed by atoms with E-state index < -0.39 is 0 Å². The molecule has 1 aliphatic heterocycles. The van der Waals surface area contributed by atoms with Gasteiger partial charge in [0.2, 0.25) is 5.91 Å². The van der Waals surface area contributed by atoms with Crippen molar-refractivity contribution >= 4 is 5.91 Å². The third-order valence-electron chi connectivity index (χ3n) is 5.04. The van der Waals surface area contributed by atoms with E-state index in [1.165, 1.54) is 32.1 Å². The van der Waals surface area contributed by atoms with Gasteiger partial charge in [0.1, 0.15) is 0 Å². The lowest BCUT2D eigenvalue weighted by molar-refractivity contribution is -0.131. The summed E-state index contributed by atoms with van der Waals surface area (Å²) < 4.78 is 0. The van der Waals surface area contributed by atoms with Crippen LogP contribution in [0.4, 0.5) is 0 Å². The minimum absolute atomic E-state index is 0.213. The number of nitrogens with two attached hydrogens (primary N) is 1.